The van der Waals surface area contributed by atoms with Crippen LogP contribution in [0.15, 0.2) is 27.3 Å². The third-order valence-corrected chi connectivity index (χ3v) is 2.28. The van der Waals surface area contributed by atoms with Crippen LogP contribution in [0.1, 0.15) is 12.2 Å². The molecule has 0 fully saturated rings. The number of furan rings is 1. The summed E-state index contributed by atoms with van der Waals surface area (Å²) in [6, 6.07) is 3.46. The molecule has 1 aromatic heterocycles. The van der Waals surface area contributed by atoms with Gasteiger partial charge in [-0.05, 0) is 34.1 Å². The summed E-state index contributed by atoms with van der Waals surface area (Å²) in [6.07, 6.45) is 3.03. The van der Waals surface area contributed by atoms with Gasteiger partial charge in [-0.2, -0.15) is 0 Å². The van der Waals surface area contributed by atoms with Crippen molar-refractivity contribution in [2.75, 3.05) is 13.7 Å². The maximum atomic E-state index is 11.3. The lowest BCUT2D eigenvalue weighted by molar-refractivity contribution is -0.140. The predicted octanol–water partition coefficient (Wildman–Crippen LogP) is 1.73. The minimum atomic E-state index is -0.357. The Bertz CT molecular complexity index is 425. The van der Waals surface area contributed by atoms with Crippen LogP contribution in [0.3, 0.4) is 0 Å². The highest BCUT2D eigenvalue weighted by Gasteiger charge is 2.01. The van der Waals surface area contributed by atoms with Crippen molar-refractivity contribution in [3.8, 4) is 0 Å². The molecule has 0 bridgehead atoms. The van der Waals surface area contributed by atoms with E-state index in [0.717, 1.165) is 0 Å². The van der Waals surface area contributed by atoms with E-state index in [4.69, 9.17) is 4.42 Å². The number of halogens is 1. The van der Waals surface area contributed by atoms with E-state index in [2.05, 4.69) is 26.0 Å². The zero-order valence-corrected chi connectivity index (χ0v) is 10.8. The summed E-state index contributed by atoms with van der Waals surface area (Å²) in [5.41, 5.74) is 0. The summed E-state index contributed by atoms with van der Waals surface area (Å²) in [5.74, 6) is -0.0781. The topological polar surface area (TPSA) is 68.5 Å². The average Bonchev–Trinajstić information content (AvgIpc) is 2.72. The second-order valence-electron chi connectivity index (χ2n) is 3.09. The molecule has 17 heavy (non-hydrogen) atoms. The molecule has 0 aliphatic carbocycles. The van der Waals surface area contributed by atoms with Gasteiger partial charge in [0.15, 0.2) is 4.67 Å². The van der Waals surface area contributed by atoms with Crippen LogP contribution in [-0.4, -0.2) is 25.5 Å². The normalized spacial score (nSPS) is 10.5. The number of carbonyl (C=O) groups is 2. The van der Waals surface area contributed by atoms with E-state index in [9.17, 15) is 9.59 Å². The minimum Gasteiger partial charge on any atom is -0.469 e. The molecule has 0 atom stereocenters. The average molecular weight is 302 g/mol. The molecule has 1 heterocycles. The Morgan fingerprint density at radius 2 is 2.29 bits per heavy atom. The van der Waals surface area contributed by atoms with Gasteiger partial charge in [-0.1, -0.05) is 0 Å². The predicted molar refractivity (Wildman–Crippen MR) is 65.1 cm³/mol. The van der Waals surface area contributed by atoms with Gasteiger partial charge >= 0.3 is 5.97 Å². The molecular formula is C11H12BrNO4. The smallest absolute Gasteiger partial charge is 0.307 e. The van der Waals surface area contributed by atoms with Gasteiger partial charge < -0.3 is 14.5 Å². The third kappa shape index (κ3) is 5.35. The second-order valence-corrected chi connectivity index (χ2v) is 3.87. The summed E-state index contributed by atoms with van der Waals surface area (Å²) in [4.78, 5) is 22.1. The Balaban J connectivity index is 2.30. The van der Waals surface area contributed by atoms with Crippen molar-refractivity contribution in [2.24, 2.45) is 0 Å². The lowest BCUT2D eigenvalue weighted by atomic mass is 10.3. The maximum Gasteiger partial charge on any atom is 0.307 e. The SMILES string of the molecule is COC(=O)CCNC(=O)/C=C/c1ccc(Br)o1. The van der Waals surface area contributed by atoms with Crippen LogP contribution >= 0.6 is 15.9 Å². The molecule has 6 heteroatoms. The number of nitrogens with one attached hydrogen (secondary N) is 1. The van der Waals surface area contributed by atoms with Gasteiger partial charge in [0.1, 0.15) is 5.76 Å². The van der Waals surface area contributed by atoms with Crippen molar-refractivity contribution >= 4 is 33.9 Å². The first-order chi connectivity index (χ1) is 8.11. The number of hydrogen-bond acceptors (Lipinski definition) is 4. The Kier molecular flexibility index (Phi) is 5.48. The van der Waals surface area contributed by atoms with Crippen LogP contribution in [0.2, 0.25) is 0 Å². The molecule has 0 aromatic carbocycles. The van der Waals surface area contributed by atoms with Crippen LogP contribution in [0.4, 0.5) is 0 Å². The van der Waals surface area contributed by atoms with E-state index in [0.29, 0.717) is 10.4 Å². The van der Waals surface area contributed by atoms with Crippen molar-refractivity contribution in [3.63, 3.8) is 0 Å². The van der Waals surface area contributed by atoms with Crippen LogP contribution in [0, 0.1) is 0 Å². The van der Waals surface area contributed by atoms with Crippen molar-refractivity contribution < 1.29 is 18.7 Å². The van der Waals surface area contributed by atoms with Crippen LogP contribution in [0.5, 0.6) is 0 Å². The number of amides is 1. The third-order valence-electron chi connectivity index (χ3n) is 1.85. The molecule has 0 saturated heterocycles. The fourth-order valence-corrected chi connectivity index (χ4v) is 1.34. The highest BCUT2D eigenvalue weighted by atomic mass is 79.9. The van der Waals surface area contributed by atoms with Gasteiger partial charge in [0, 0.05) is 12.6 Å². The van der Waals surface area contributed by atoms with E-state index >= 15 is 0 Å². The van der Waals surface area contributed by atoms with Crippen molar-refractivity contribution in [3.05, 3.63) is 28.6 Å². The quantitative estimate of drug-likeness (QED) is 0.664. The van der Waals surface area contributed by atoms with Crippen molar-refractivity contribution in [2.45, 2.75) is 6.42 Å². The first-order valence-electron chi connectivity index (χ1n) is 4.90. The van der Waals surface area contributed by atoms with Crippen LogP contribution < -0.4 is 5.32 Å². The molecule has 1 N–H and O–H groups in total. The highest BCUT2D eigenvalue weighted by Crippen LogP contribution is 2.14. The molecule has 5 nitrogen and oxygen atoms in total. The fraction of sp³-hybridized carbons (Fsp3) is 0.273. The minimum absolute atomic E-state index is 0.155. The molecular weight excluding hydrogens is 290 g/mol. The number of carbonyl (C=O) groups excluding carboxylic acids is 2. The molecule has 1 rings (SSSR count). The fourth-order valence-electron chi connectivity index (χ4n) is 1.02. The summed E-state index contributed by atoms with van der Waals surface area (Å²) in [5, 5.41) is 2.54. The molecule has 1 amide bonds. The lowest BCUT2D eigenvalue weighted by Gasteiger charge is -2.00. The number of methoxy groups -OCH3 is 1. The number of ether oxygens (including phenoxy) is 1. The Labute approximate surface area is 107 Å². The Morgan fingerprint density at radius 3 is 2.88 bits per heavy atom. The summed E-state index contributed by atoms with van der Waals surface area (Å²) in [7, 11) is 1.30. The molecule has 0 radical (unpaired) electrons. The number of esters is 1. The summed E-state index contributed by atoms with van der Waals surface area (Å²) >= 11 is 3.15. The molecule has 0 aliphatic rings. The standard InChI is InChI=1S/C11H12BrNO4/c1-16-11(15)6-7-13-10(14)5-3-8-2-4-9(12)17-8/h2-5H,6-7H2,1H3,(H,13,14)/b5-3+. The molecule has 92 valence electrons. The van der Waals surface area contributed by atoms with Crippen LogP contribution in [-0.2, 0) is 14.3 Å². The molecule has 0 saturated carbocycles. The zero-order valence-electron chi connectivity index (χ0n) is 9.23. The second kappa shape index (κ2) is 6.90. The first kappa shape index (κ1) is 13.5. The summed E-state index contributed by atoms with van der Waals surface area (Å²) < 4.78 is 10.2. The Hall–Kier alpha value is -1.56. The van der Waals surface area contributed by atoms with Gasteiger partial charge in [-0.25, -0.2) is 0 Å². The zero-order chi connectivity index (χ0) is 12.7. The van der Waals surface area contributed by atoms with E-state index in [1.165, 1.54) is 19.3 Å². The van der Waals surface area contributed by atoms with E-state index < -0.39 is 0 Å². The number of rotatable bonds is 5. The highest BCUT2D eigenvalue weighted by molar-refractivity contribution is 9.10. The Morgan fingerprint density at radius 1 is 1.53 bits per heavy atom. The van der Waals surface area contributed by atoms with E-state index in [1.807, 2.05) is 0 Å². The monoisotopic (exact) mass is 301 g/mol. The molecule has 0 aliphatic heterocycles. The van der Waals surface area contributed by atoms with Crippen molar-refractivity contribution in [1.29, 1.82) is 0 Å². The van der Waals surface area contributed by atoms with Crippen LogP contribution in [0.25, 0.3) is 6.08 Å². The van der Waals surface area contributed by atoms with Gasteiger partial charge in [0.25, 0.3) is 0 Å². The molecule has 0 spiro atoms. The van der Waals surface area contributed by atoms with E-state index in [-0.39, 0.29) is 24.8 Å². The lowest BCUT2D eigenvalue weighted by Crippen LogP contribution is -2.24. The van der Waals surface area contributed by atoms with Gasteiger partial charge in [0.05, 0.1) is 13.5 Å². The largest absolute Gasteiger partial charge is 0.469 e. The van der Waals surface area contributed by atoms with Gasteiger partial charge in [-0.3, -0.25) is 9.59 Å². The van der Waals surface area contributed by atoms with Gasteiger partial charge in [-0.15, -0.1) is 0 Å². The first-order valence-corrected chi connectivity index (χ1v) is 5.69. The number of hydrogen-bond donors (Lipinski definition) is 1. The van der Waals surface area contributed by atoms with Gasteiger partial charge in [0.2, 0.25) is 5.91 Å². The van der Waals surface area contributed by atoms with E-state index in [1.54, 1.807) is 12.1 Å². The molecule has 1 aromatic rings. The summed E-state index contributed by atoms with van der Waals surface area (Å²) in [6.45, 7) is 0.248. The maximum absolute atomic E-state index is 11.3. The van der Waals surface area contributed by atoms with Crippen molar-refractivity contribution in [1.82, 2.24) is 5.32 Å². The molecule has 0 unspecified atom stereocenters.